The quantitative estimate of drug-likeness (QED) is 0.828. The summed E-state index contributed by atoms with van der Waals surface area (Å²) in [7, 11) is 0. The third kappa shape index (κ3) is 3.58. The number of rotatable bonds is 6. The van der Waals surface area contributed by atoms with E-state index < -0.39 is 0 Å². The third-order valence-electron chi connectivity index (χ3n) is 3.43. The topological polar surface area (TPSA) is 76.9 Å². The molecule has 0 saturated carbocycles. The highest BCUT2D eigenvalue weighted by atomic mass is 16.2. The maximum absolute atomic E-state index is 12.1. The van der Waals surface area contributed by atoms with Gasteiger partial charge in [-0.2, -0.15) is 0 Å². The Morgan fingerprint density at radius 2 is 1.95 bits per heavy atom. The van der Waals surface area contributed by atoms with Gasteiger partial charge >= 0.3 is 0 Å². The van der Waals surface area contributed by atoms with Crippen molar-refractivity contribution in [1.82, 2.24) is 20.3 Å². The largest absolute Gasteiger partial charge is 0.352 e. The molecule has 0 saturated heterocycles. The highest BCUT2D eigenvalue weighted by molar-refractivity contribution is 5.98. The number of ketones is 1. The first-order valence-electron chi connectivity index (χ1n) is 7.32. The van der Waals surface area contributed by atoms with Crippen molar-refractivity contribution in [1.29, 1.82) is 0 Å². The van der Waals surface area contributed by atoms with Crippen LogP contribution in [0.25, 0.3) is 11.3 Å². The van der Waals surface area contributed by atoms with Crippen LogP contribution in [0.5, 0.6) is 0 Å². The van der Waals surface area contributed by atoms with Gasteiger partial charge in [0.25, 0.3) is 0 Å². The molecule has 0 aliphatic carbocycles. The Hall–Kier alpha value is -2.50. The normalized spacial score (nSPS) is 12.0. The summed E-state index contributed by atoms with van der Waals surface area (Å²) >= 11 is 0. The van der Waals surface area contributed by atoms with E-state index in [1.807, 2.05) is 44.2 Å². The molecule has 6 nitrogen and oxygen atoms in total. The second-order valence-electron chi connectivity index (χ2n) is 5.24. The minimum absolute atomic E-state index is 0.0366. The van der Waals surface area contributed by atoms with Crippen molar-refractivity contribution in [2.24, 2.45) is 0 Å². The van der Waals surface area contributed by atoms with Crippen LogP contribution in [0.1, 0.15) is 37.7 Å². The fourth-order valence-electron chi connectivity index (χ4n) is 2.10. The van der Waals surface area contributed by atoms with Gasteiger partial charge in [0, 0.05) is 18.5 Å². The van der Waals surface area contributed by atoms with Gasteiger partial charge in [0.1, 0.15) is 12.2 Å². The number of carbonyl (C=O) groups excluding carboxylic acids is 2. The Morgan fingerprint density at radius 3 is 2.55 bits per heavy atom. The first kappa shape index (κ1) is 15.9. The zero-order valence-electron chi connectivity index (χ0n) is 13.0. The summed E-state index contributed by atoms with van der Waals surface area (Å²) in [6.07, 6.45) is 0.854. The molecule has 1 heterocycles. The van der Waals surface area contributed by atoms with E-state index in [-0.39, 0.29) is 30.0 Å². The molecule has 1 unspecified atom stereocenters. The van der Waals surface area contributed by atoms with Crippen LogP contribution in [0.4, 0.5) is 0 Å². The third-order valence-corrected chi connectivity index (χ3v) is 3.43. The number of carbonyl (C=O) groups is 2. The predicted molar refractivity (Wildman–Crippen MR) is 83.4 cm³/mol. The van der Waals surface area contributed by atoms with Gasteiger partial charge in [-0.1, -0.05) is 42.5 Å². The van der Waals surface area contributed by atoms with Gasteiger partial charge in [-0.3, -0.25) is 9.59 Å². The average molecular weight is 300 g/mol. The first-order valence-corrected chi connectivity index (χ1v) is 7.32. The number of amides is 1. The van der Waals surface area contributed by atoms with Crippen LogP contribution in [0.2, 0.25) is 0 Å². The lowest BCUT2D eigenvalue weighted by molar-refractivity contribution is -0.122. The number of nitrogens with zero attached hydrogens (tertiary/aromatic N) is 3. The molecule has 1 amide bonds. The van der Waals surface area contributed by atoms with Crippen LogP contribution >= 0.6 is 0 Å². The molecule has 1 N–H and O–H groups in total. The van der Waals surface area contributed by atoms with Crippen LogP contribution in [-0.4, -0.2) is 32.7 Å². The van der Waals surface area contributed by atoms with E-state index in [0.717, 1.165) is 12.0 Å². The number of hydrogen-bond acceptors (Lipinski definition) is 4. The lowest BCUT2D eigenvalue weighted by Crippen LogP contribution is -2.35. The Bertz CT molecular complexity index is 664. The van der Waals surface area contributed by atoms with Crippen LogP contribution in [0, 0.1) is 0 Å². The molecule has 22 heavy (non-hydrogen) atoms. The SMILES string of the molecule is CCC(C)NC(=O)Cn1nnc(C(C)=O)c1-c1ccccc1. The molecule has 1 aromatic heterocycles. The molecule has 0 spiro atoms. The van der Waals surface area contributed by atoms with E-state index in [0.29, 0.717) is 5.69 Å². The summed E-state index contributed by atoms with van der Waals surface area (Å²) in [6.45, 7) is 5.43. The summed E-state index contributed by atoms with van der Waals surface area (Å²) < 4.78 is 1.48. The Balaban J connectivity index is 2.33. The van der Waals surface area contributed by atoms with Crippen LogP contribution in [-0.2, 0) is 11.3 Å². The Kier molecular flexibility index (Phi) is 5.04. The van der Waals surface area contributed by atoms with E-state index in [1.165, 1.54) is 11.6 Å². The molecular formula is C16H20N4O2. The highest BCUT2D eigenvalue weighted by Gasteiger charge is 2.20. The molecule has 1 aromatic carbocycles. The lowest BCUT2D eigenvalue weighted by Gasteiger charge is -2.12. The van der Waals surface area contributed by atoms with Gasteiger partial charge in [0.15, 0.2) is 11.5 Å². The summed E-state index contributed by atoms with van der Waals surface area (Å²) in [6, 6.07) is 9.47. The van der Waals surface area contributed by atoms with Crippen molar-refractivity contribution in [3.63, 3.8) is 0 Å². The fraction of sp³-hybridized carbons (Fsp3) is 0.375. The molecule has 0 aliphatic heterocycles. The second-order valence-corrected chi connectivity index (χ2v) is 5.24. The zero-order valence-corrected chi connectivity index (χ0v) is 13.0. The van der Waals surface area contributed by atoms with Crippen molar-refractivity contribution < 1.29 is 9.59 Å². The van der Waals surface area contributed by atoms with Crippen molar-refractivity contribution in [2.45, 2.75) is 39.8 Å². The molecule has 0 aliphatic rings. The molecule has 6 heteroatoms. The van der Waals surface area contributed by atoms with Crippen molar-refractivity contribution in [2.75, 3.05) is 0 Å². The number of benzene rings is 1. The molecule has 1 atom stereocenters. The Morgan fingerprint density at radius 1 is 1.27 bits per heavy atom. The Labute approximate surface area is 129 Å². The van der Waals surface area contributed by atoms with E-state index in [2.05, 4.69) is 15.6 Å². The van der Waals surface area contributed by atoms with E-state index in [1.54, 1.807) is 0 Å². The van der Waals surface area contributed by atoms with Crippen LogP contribution in [0.3, 0.4) is 0 Å². The summed E-state index contributed by atoms with van der Waals surface area (Å²) in [5, 5.41) is 10.8. The zero-order chi connectivity index (χ0) is 16.1. The first-order chi connectivity index (χ1) is 10.5. The smallest absolute Gasteiger partial charge is 0.242 e. The van der Waals surface area contributed by atoms with Crippen molar-refractivity contribution in [3.05, 3.63) is 36.0 Å². The van der Waals surface area contributed by atoms with Crippen LogP contribution in [0.15, 0.2) is 30.3 Å². The van der Waals surface area contributed by atoms with Gasteiger partial charge in [-0.15, -0.1) is 5.10 Å². The number of hydrogen-bond donors (Lipinski definition) is 1. The highest BCUT2D eigenvalue weighted by Crippen LogP contribution is 2.22. The monoisotopic (exact) mass is 300 g/mol. The minimum Gasteiger partial charge on any atom is -0.352 e. The molecule has 116 valence electrons. The molecule has 0 radical (unpaired) electrons. The molecule has 2 aromatic rings. The predicted octanol–water partition coefficient (Wildman–Crippen LogP) is 2.06. The number of aromatic nitrogens is 3. The fourth-order valence-corrected chi connectivity index (χ4v) is 2.10. The number of Topliss-reactive ketones (excluding diaryl/α,β-unsaturated/α-hetero) is 1. The van der Waals surface area contributed by atoms with E-state index >= 15 is 0 Å². The second kappa shape index (κ2) is 6.98. The van der Waals surface area contributed by atoms with E-state index in [9.17, 15) is 9.59 Å². The van der Waals surface area contributed by atoms with Crippen LogP contribution < -0.4 is 5.32 Å². The summed E-state index contributed by atoms with van der Waals surface area (Å²) in [5.74, 6) is -0.320. The van der Waals surface area contributed by atoms with Gasteiger partial charge in [-0.05, 0) is 13.3 Å². The van der Waals surface area contributed by atoms with Gasteiger partial charge < -0.3 is 5.32 Å². The molecule has 0 bridgehead atoms. The number of nitrogens with one attached hydrogen (secondary N) is 1. The van der Waals surface area contributed by atoms with E-state index in [4.69, 9.17) is 0 Å². The van der Waals surface area contributed by atoms with Gasteiger partial charge in [0.05, 0.1) is 0 Å². The standard InChI is InChI=1S/C16H20N4O2/c1-4-11(2)17-14(22)10-20-16(13-8-6-5-7-9-13)15(12(3)21)18-19-20/h5-9,11H,4,10H2,1-3H3,(H,17,22). The van der Waals surface area contributed by atoms with Crippen molar-refractivity contribution >= 4 is 11.7 Å². The summed E-state index contributed by atoms with van der Waals surface area (Å²) in [4.78, 5) is 23.8. The minimum atomic E-state index is -0.174. The van der Waals surface area contributed by atoms with Gasteiger partial charge in [-0.25, -0.2) is 4.68 Å². The molecule has 2 rings (SSSR count). The summed E-state index contributed by atoms with van der Waals surface area (Å²) in [5.41, 5.74) is 1.67. The van der Waals surface area contributed by atoms with Crippen molar-refractivity contribution in [3.8, 4) is 11.3 Å². The van der Waals surface area contributed by atoms with Gasteiger partial charge in [0.2, 0.25) is 5.91 Å². The maximum Gasteiger partial charge on any atom is 0.242 e. The molecule has 0 fully saturated rings. The molecular weight excluding hydrogens is 280 g/mol. The lowest BCUT2D eigenvalue weighted by atomic mass is 10.1. The average Bonchev–Trinajstić information content (AvgIpc) is 2.91. The maximum atomic E-state index is 12.1.